The quantitative estimate of drug-likeness (QED) is 0.364. The van der Waals surface area contributed by atoms with Gasteiger partial charge in [0.25, 0.3) is 5.91 Å². The van der Waals surface area contributed by atoms with Gasteiger partial charge in [0.2, 0.25) is 0 Å². The smallest absolute Gasteiger partial charge is 0.252 e. The third-order valence-corrected chi connectivity index (χ3v) is 8.21. The van der Waals surface area contributed by atoms with E-state index in [4.69, 9.17) is 4.74 Å². The molecule has 1 saturated heterocycles. The minimum absolute atomic E-state index is 0.0949. The summed E-state index contributed by atoms with van der Waals surface area (Å²) in [5.74, 6) is 0.620. The zero-order valence-electron chi connectivity index (χ0n) is 20.0. The van der Waals surface area contributed by atoms with Crippen molar-refractivity contribution in [3.05, 3.63) is 82.4 Å². The Morgan fingerprint density at radius 1 is 1.25 bits per heavy atom. The van der Waals surface area contributed by atoms with Crippen LogP contribution in [0.2, 0.25) is 0 Å². The number of aromatic nitrogens is 1. The van der Waals surface area contributed by atoms with Crippen molar-refractivity contribution in [3.63, 3.8) is 0 Å². The van der Waals surface area contributed by atoms with E-state index in [2.05, 4.69) is 39.9 Å². The number of ether oxygens (including phenoxy) is 1. The van der Waals surface area contributed by atoms with Crippen molar-refractivity contribution >= 4 is 28.1 Å². The van der Waals surface area contributed by atoms with Crippen LogP contribution in [0, 0.1) is 18.3 Å². The molecule has 36 heavy (non-hydrogen) atoms. The third kappa shape index (κ3) is 4.23. The zero-order valence-corrected chi connectivity index (χ0v) is 20.8. The van der Waals surface area contributed by atoms with Crippen LogP contribution in [0.25, 0.3) is 21.3 Å². The van der Waals surface area contributed by atoms with Crippen molar-refractivity contribution in [1.29, 1.82) is 5.26 Å². The fraction of sp³-hybridized carbons (Fsp3) is 0.276. The van der Waals surface area contributed by atoms with Gasteiger partial charge in [0, 0.05) is 28.1 Å². The Kier molecular flexibility index (Phi) is 5.71. The summed E-state index contributed by atoms with van der Waals surface area (Å²) >= 11 is 1.47. The summed E-state index contributed by atoms with van der Waals surface area (Å²) in [5.41, 5.74) is 4.08. The van der Waals surface area contributed by atoms with Crippen LogP contribution in [0.5, 0.6) is 5.75 Å². The summed E-state index contributed by atoms with van der Waals surface area (Å²) in [6, 6.07) is 20.4. The molecular weight excluding hydrogens is 468 g/mol. The van der Waals surface area contributed by atoms with E-state index in [0.717, 1.165) is 58.3 Å². The van der Waals surface area contributed by atoms with Crippen molar-refractivity contribution in [2.24, 2.45) is 0 Å². The molecule has 2 aromatic heterocycles. The first-order valence-electron chi connectivity index (χ1n) is 12.2. The number of aryl methyl sites for hydroxylation is 1. The minimum atomic E-state index is -0.442. The van der Waals surface area contributed by atoms with Crippen LogP contribution in [0.15, 0.2) is 60.8 Å². The van der Waals surface area contributed by atoms with E-state index in [-0.39, 0.29) is 5.91 Å². The summed E-state index contributed by atoms with van der Waals surface area (Å²) in [5, 5.41) is 17.0. The minimum Gasteiger partial charge on any atom is -0.492 e. The lowest BCUT2D eigenvalue weighted by atomic mass is 9.95. The van der Waals surface area contributed by atoms with Crippen molar-refractivity contribution in [3.8, 4) is 22.3 Å². The highest BCUT2D eigenvalue weighted by Crippen LogP contribution is 2.49. The van der Waals surface area contributed by atoms with Crippen LogP contribution in [-0.4, -0.2) is 30.1 Å². The lowest BCUT2D eigenvalue weighted by Crippen LogP contribution is -2.46. The van der Waals surface area contributed by atoms with Gasteiger partial charge in [-0.25, -0.2) is 0 Å². The summed E-state index contributed by atoms with van der Waals surface area (Å²) in [7, 11) is 0. The summed E-state index contributed by atoms with van der Waals surface area (Å²) in [4.78, 5) is 19.9. The number of thiophene rings is 1. The average Bonchev–Trinajstić information content (AvgIpc) is 3.47. The Morgan fingerprint density at radius 3 is 2.83 bits per heavy atom. The summed E-state index contributed by atoms with van der Waals surface area (Å²) in [6.07, 6.45) is 4.63. The van der Waals surface area contributed by atoms with Gasteiger partial charge in [-0.05, 0) is 91.9 Å². The second kappa shape index (κ2) is 9.05. The monoisotopic (exact) mass is 494 g/mol. The number of nitriles is 1. The SMILES string of the molecule is Cc1ccc(OCC2CCN2)cc1C(=O)NC1(c2cc(-c3ccc(C#N)s3)cc3ncccc23)CC1. The van der Waals surface area contributed by atoms with Crippen LogP contribution >= 0.6 is 11.3 Å². The van der Waals surface area contributed by atoms with E-state index in [1.54, 1.807) is 6.20 Å². The number of nitrogens with zero attached hydrogens (tertiary/aromatic N) is 2. The molecule has 0 radical (unpaired) electrons. The van der Waals surface area contributed by atoms with E-state index < -0.39 is 5.54 Å². The molecular formula is C29H26N4O2S. The van der Waals surface area contributed by atoms with Crippen LogP contribution in [0.1, 0.15) is 45.6 Å². The fourth-order valence-electron chi connectivity index (χ4n) is 4.77. The predicted octanol–water partition coefficient (Wildman–Crippen LogP) is 5.30. The second-order valence-corrected chi connectivity index (χ2v) is 10.7. The van der Waals surface area contributed by atoms with Gasteiger partial charge in [0.05, 0.1) is 11.1 Å². The maximum atomic E-state index is 13.6. The number of nitrogens with one attached hydrogen (secondary N) is 2. The number of hydrogen-bond donors (Lipinski definition) is 2. The average molecular weight is 495 g/mol. The van der Waals surface area contributed by atoms with E-state index in [1.807, 2.05) is 43.3 Å². The largest absolute Gasteiger partial charge is 0.492 e. The van der Waals surface area contributed by atoms with Crippen LogP contribution in [0.4, 0.5) is 0 Å². The van der Waals surface area contributed by atoms with Crippen LogP contribution < -0.4 is 15.4 Å². The van der Waals surface area contributed by atoms with Crippen LogP contribution in [-0.2, 0) is 5.54 Å². The highest BCUT2D eigenvalue weighted by molar-refractivity contribution is 7.16. The number of carbonyl (C=O) groups is 1. The molecule has 180 valence electrons. The highest BCUT2D eigenvalue weighted by atomic mass is 32.1. The first kappa shape index (κ1) is 22.7. The predicted molar refractivity (Wildman–Crippen MR) is 141 cm³/mol. The molecule has 1 atom stereocenters. The van der Waals surface area contributed by atoms with Crippen molar-refractivity contribution in [2.75, 3.05) is 13.2 Å². The van der Waals surface area contributed by atoms with Crippen molar-refractivity contribution < 1.29 is 9.53 Å². The molecule has 4 aromatic rings. The summed E-state index contributed by atoms with van der Waals surface area (Å²) in [6.45, 7) is 3.60. The molecule has 2 fully saturated rings. The maximum Gasteiger partial charge on any atom is 0.252 e. The first-order chi connectivity index (χ1) is 17.5. The Labute approximate surface area is 213 Å². The first-order valence-corrected chi connectivity index (χ1v) is 13.1. The molecule has 3 heterocycles. The number of fused-ring (bicyclic) bond motifs is 1. The number of rotatable bonds is 7. The third-order valence-electron chi connectivity index (χ3n) is 7.17. The Morgan fingerprint density at radius 2 is 2.11 bits per heavy atom. The highest BCUT2D eigenvalue weighted by Gasteiger charge is 2.47. The molecule has 1 saturated carbocycles. The Hall–Kier alpha value is -3.73. The Balaban J connectivity index is 1.32. The van der Waals surface area contributed by atoms with Gasteiger partial charge in [-0.3, -0.25) is 9.78 Å². The second-order valence-electron chi connectivity index (χ2n) is 9.63. The van der Waals surface area contributed by atoms with Gasteiger partial charge in [-0.1, -0.05) is 12.1 Å². The number of benzene rings is 2. The molecule has 7 heteroatoms. The molecule has 6 rings (SSSR count). The molecule has 1 aliphatic carbocycles. The maximum absolute atomic E-state index is 13.6. The normalized spacial score (nSPS) is 17.7. The molecule has 1 unspecified atom stereocenters. The van der Waals surface area contributed by atoms with Crippen molar-refractivity contribution in [2.45, 2.75) is 37.8 Å². The van der Waals surface area contributed by atoms with Crippen LogP contribution in [0.3, 0.4) is 0 Å². The number of pyridine rings is 1. The van der Waals surface area contributed by atoms with Gasteiger partial charge >= 0.3 is 0 Å². The standard InChI is InChI=1S/C29H26N4O2S/c1-18-4-5-21(35-17-20-8-12-31-20)15-24(18)28(34)33-29(9-10-29)25-13-19(27-7-6-22(16-30)36-27)14-26-23(25)3-2-11-32-26/h2-7,11,13-15,20,31H,8-10,12,17H2,1H3,(H,33,34). The molecule has 2 aliphatic rings. The van der Waals surface area contributed by atoms with Gasteiger partial charge in [0.1, 0.15) is 23.3 Å². The topological polar surface area (TPSA) is 87.0 Å². The van der Waals surface area contributed by atoms with E-state index in [1.165, 1.54) is 11.3 Å². The lowest BCUT2D eigenvalue weighted by Gasteiger charge is -2.27. The lowest BCUT2D eigenvalue weighted by molar-refractivity contribution is 0.0930. The fourth-order valence-corrected chi connectivity index (χ4v) is 5.56. The van der Waals surface area contributed by atoms with E-state index >= 15 is 0 Å². The molecule has 2 N–H and O–H groups in total. The molecule has 0 spiro atoms. The Bertz CT molecular complexity index is 1510. The van der Waals surface area contributed by atoms with Gasteiger partial charge in [-0.15, -0.1) is 11.3 Å². The van der Waals surface area contributed by atoms with E-state index in [9.17, 15) is 10.1 Å². The summed E-state index contributed by atoms with van der Waals surface area (Å²) < 4.78 is 5.95. The molecule has 1 aliphatic heterocycles. The van der Waals surface area contributed by atoms with Gasteiger partial charge < -0.3 is 15.4 Å². The van der Waals surface area contributed by atoms with Gasteiger partial charge in [0.15, 0.2) is 0 Å². The van der Waals surface area contributed by atoms with Crippen molar-refractivity contribution in [1.82, 2.24) is 15.6 Å². The number of hydrogen-bond acceptors (Lipinski definition) is 6. The number of amides is 1. The molecule has 2 aromatic carbocycles. The van der Waals surface area contributed by atoms with E-state index in [0.29, 0.717) is 28.8 Å². The van der Waals surface area contributed by atoms with Gasteiger partial charge in [-0.2, -0.15) is 5.26 Å². The zero-order chi connectivity index (χ0) is 24.7. The molecule has 6 nitrogen and oxygen atoms in total. The molecule has 1 amide bonds. The molecule has 0 bridgehead atoms. The number of carbonyl (C=O) groups excluding carboxylic acids is 1.